The largest absolute Gasteiger partial charge is 0.454 e. The normalized spacial score (nSPS) is 12.0. The van der Waals surface area contributed by atoms with Crippen LogP contribution < -0.4 is 20.5 Å². The molecule has 0 unspecified atom stereocenters. The summed E-state index contributed by atoms with van der Waals surface area (Å²) < 4.78 is 10.6. The topological polar surface area (TPSA) is 90.7 Å². The molecule has 0 radical (unpaired) electrons. The summed E-state index contributed by atoms with van der Waals surface area (Å²) in [7, 11) is 0. The van der Waals surface area contributed by atoms with E-state index < -0.39 is 5.91 Å². The maximum absolute atomic E-state index is 12.0. The van der Waals surface area contributed by atoms with Gasteiger partial charge < -0.3 is 20.5 Å². The van der Waals surface area contributed by atoms with Crippen LogP contribution in [0.15, 0.2) is 42.5 Å². The Hall–Kier alpha value is -3.02. The maximum Gasteiger partial charge on any atom is 0.248 e. The number of ether oxygens (including phenoxy) is 2. The van der Waals surface area contributed by atoms with E-state index >= 15 is 0 Å². The van der Waals surface area contributed by atoms with Crippen LogP contribution in [-0.2, 0) is 11.2 Å². The van der Waals surface area contributed by atoms with Gasteiger partial charge in [0.05, 0.1) is 0 Å². The van der Waals surface area contributed by atoms with E-state index in [-0.39, 0.29) is 12.7 Å². The van der Waals surface area contributed by atoms with Crippen molar-refractivity contribution >= 4 is 17.5 Å². The molecule has 2 aromatic carbocycles. The second-order valence-corrected chi connectivity index (χ2v) is 5.18. The fourth-order valence-corrected chi connectivity index (χ4v) is 2.30. The molecule has 0 saturated heterocycles. The first-order valence-electron chi connectivity index (χ1n) is 7.20. The minimum Gasteiger partial charge on any atom is -0.454 e. The predicted molar refractivity (Wildman–Crippen MR) is 84.5 cm³/mol. The molecule has 1 heterocycles. The zero-order valence-corrected chi connectivity index (χ0v) is 12.4. The van der Waals surface area contributed by atoms with Gasteiger partial charge in [-0.1, -0.05) is 6.07 Å². The summed E-state index contributed by atoms with van der Waals surface area (Å²) in [5.41, 5.74) is 7.21. The van der Waals surface area contributed by atoms with Crippen molar-refractivity contribution in [2.24, 2.45) is 5.73 Å². The molecule has 0 atom stereocenters. The number of hydrogen-bond donors (Lipinski definition) is 2. The average Bonchev–Trinajstić information content (AvgIpc) is 3.01. The summed E-state index contributed by atoms with van der Waals surface area (Å²) in [5.74, 6) is 0.845. The summed E-state index contributed by atoms with van der Waals surface area (Å²) in [6.07, 6.45) is 0.944. The molecular formula is C17H16N2O4. The minimum absolute atomic E-state index is 0.102. The first-order chi connectivity index (χ1) is 11.1. The van der Waals surface area contributed by atoms with Crippen LogP contribution in [0, 0.1) is 0 Å². The lowest BCUT2D eigenvalue weighted by Gasteiger charge is -2.06. The van der Waals surface area contributed by atoms with E-state index in [1.807, 2.05) is 18.2 Å². The van der Waals surface area contributed by atoms with Crippen molar-refractivity contribution in [3.8, 4) is 11.5 Å². The molecule has 0 saturated carbocycles. The number of hydrogen-bond acceptors (Lipinski definition) is 4. The summed E-state index contributed by atoms with van der Waals surface area (Å²) in [5, 5.41) is 2.78. The molecule has 118 valence electrons. The van der Waals surface area contributed by atoms with Gasteiger partial charge in [-0.3, -0.25) is 9.59 Å². The second kappa shape index (κ2) is 6.39. The Morgan fingerprint density at radius 2 is 1.78 bits per heavy atom. The van der Waals surface area contributed by atoms with Crippen LogP contribution in [0.4, 0.5) is 5.69 Å². The van der Waals surface area contributed by atoms with E-state index in [0.717, 1.165) is 11.3 Å². The van der Waals surface area contributed by atoms with Crippen molar-refractivity contribution in [2.75, 3.05) is 12.1 Å². The van der Waals surface area contributed by atoms with Crippen molar-refractivity contribution < 1.29 is 19.1 Å². The van der Waals surface area contributed by atoms with Crippen LogP contribution in [0.1, 0.15) is 22.3 Å². The smallest absolute Gasteiger partial charge is 0.248 e. The Balaban J connectivity index is 1.54. The van der Waals surface area contributed by atoms with Crippen molar-refractivity contribution in [2.45, 2.75) is 12.8 Å². The van der Waals surface area contributed by atoms with E-state index in [2.05, 4.69) is 5.32 Å². The van der Waals surface area contributed by atoms with Crippen LogP contribution in [0.2, 0.25) is 0 Å². The van der Waals surface area contributed by atoms with E-state index in [4.69, 9.17) is 15.2 Å². The van der Waals surface area contributed by atoms with Gasteiger partial charge in [0.2, 0.25) is 18.6 Å². The van der Waals surface area contributed by atoms with Gasteiger partial charge in [0.25, 0.3) is 0 Å². The van der Waals surface area contributed by atoms with Crippen molar-refractivity contribution in [1.29, 1.82) is 0 Å². The standard InChI is InChI=1S/C17H16N2O4/c18-17(21)12-3-5-13(6-4-12)19-16(20)8-2-11-1-7-14-15(9-11)23-10-22-14/h1,3-7,9H,2,8,10H2,(H2,18,21)(H,19,20). The molecule has 2 amide bonds. The van der Waals surface area contributed by atoms with E-state index in [1.165, 1.54) is 0 Å². The van der Waals surface area contributed by atoms with Gasteiger partial charge in [-0.15, -0.1) is 0 Å². The van der Waals surface area contributed by atoms with Gasteiger partial charge in [0.1, 0.15) is 0 Å². The number of carbonyl (C=O) groups is 2. The zero-order chi connectivity index (χ0) is 16.2. The molecule has 0 spiro atoms. The highest BCUT2D eigenvalue weighted by atomic mass is 16.7. The lowest BCUT2D eigenvalue weighted by molar-refractivity contribution is -0.116. The Kier molecular flexibility index (Phi) is 4.14. The van der Waals surface area contributed by atoms with Crippen LogP contribution in [-0.4, -0.2) is 18.6 Å². The number of rotatable bonds is 5. The first-order valence-corrected chi connectivity index (χ1v) is 7.20. The molecule has 0 aliphatic carbocycles. The lowest BCUT2D eigenvalue weighted by atomic mass is 10.1. The number of nitrogens with one attached hydrogen (secondary N) is 1. The number of carbonyl (C=O) groups excluding carboxylic acids is 2. The highest BCUT2D eigenvalue weighted by Gasteiger charge is 2.13. The van der Waals surface area contributed by atoms with Gasteiger partial charge in [-0.2, -0.15) is 0 Å². The third kappa shape index (κ3) is 3.60. The molecule has 0 aromatic heterocycles. The SMILES string of the molecule is NC(=O)c1ccc(NC(=O)CCc2ccc3c(c2)OCO3)cc1. The number of anilines is 1. The van der Waals surface area contributed by atoms with Gasteiger partial charge in [-0.05, 0) is 48.4 Å². The number of aryl methyl sites for hydroxylation is 1. The molecule has 1 aliphatic rings. The van der Waals surface area contributed by atoms with Crippen molar-refractivity contribution in [1.82, 2.24) is 0 Å². The molecule has 6 nitrogen and oxygen atoms in total. The summed E-state index contributed by atoms with van der Waals surface area (Å²) in [6.45, 7) is 0.237. The molecule has 6 heteroatoms. The Morgan fingerprint density at radius 3 is 2.52 bits per heavy atom. The van der Waals surface area contributed by atoms with E-state index in [0.29, 0.717) is 29.8 Å². The predicted octanol–water partition coefficient (Wildman–Crippen LogP) is 2.09. The quantitative estimate of drug-likeness (QED) is 0.884. The number of fused-ring (bicyclic) bond motifs is 1. The number of amides is 2. The Labute approximate surface area is 133 Å². The molecule has 3 rings (SSSR count). The van der Waals surface area contributed by atoms with Crippen LogP contribution in [0.25, 0.3) is 0 Å². The monoisotopic (exact) mass is 312 g/mol. The minimum atomic E-state index is -0.495. The summed E-state index contributed by atoms with van der Waals surface area (Å²) >= 11 is 0. The van der Waals surface area contributed by atoms with Crippen molar-refractivity contribution in [3.05, 3.63) is 53.6 Å². The molecular weight excluding hydrogens is 296 g/mol. The van der Waals surface area contributed by atoms with Gasteiger partial charge >= 0.3 is 0 Å². The zero-order valence-electron chi connectivity index (χ0n) is 12.4. The fraction of sp³-hybridized carbons (Fsp3) is 0.176. The molecule has 3 N–H and O–H groups in total. The maximum atomic E-state index is 12.0. The highest BCUT2D eigenvalue weighted by molar-refractivity contribution is 5.94. The number of nitrogens with two attached hydrogens (primary N) is 1. The molecule has 1 aliphatic heterocycles. The molecule has 0 bridgehead atoms. The Bertz CT molecular complexity index is 741. The number of benzene rings is 2. The lowest BCUT2D eigenvalue weighted by Crippen LogP contribution is -2.13. The van der Waals surface area contributed by atoms with Gasteiger partial charge in [-0.25, -0.2) is 0 Å². The third-order valence-corrected chi connectivity index (χ3v) is 3.53. The van der Waals surface area contributed by atoms with Crippen LogP contribution in [0.5, 0.6) is 11.5 Å². The van der Waals surface area contributed by atoms with Gasteiger partial charge in [0.15, 0.2) is 11.5 Å². The van der Waals surface area contributed by atoms with Crippen LogP contribution >= 0.6 is 0 Å². The van der Waals surface area contributed by atoms with E-state index in [9.17, 15) is 9.59 Å². The summed E-state index contributed by atoms with van der Waals surface area (Å²) in [4.78, 5) is 23.0. The van der Waals surface area contributed by atoms with Crippen molar-refractivity contribution in [3.63, 3.8) is 0 Å². The molecule has 2 aromatic rings. The summed E-state index contributed by atoms with van der Waals surface area (Å²) in [6, 6.07) is 12.1. The van der Waals surface area contributed by atoms with Crippen LogP contribution in [0.3, 0.4) is 0 Å². The van der Waals surface area contributed by atoms with Gasteiger partial charge in [0, 0.05) is 17.7 Å². The Morgan fingerprint density at radius 1 is 1.04 bits per heavy atom. The van der Waals surface area contributed by atoms with E-state index in [1.54, 1.807) is 24.3 Å². The third-order valence-electron chi connectivity index (χ3n) is 3.53. The first kappa shape index (κ1) is 14.9. The molecule has 0 fully saturated rings. The fourth-order valence-electron chi connectivity index (χ4n) is 2.30. The average molecular weight is 312 g/mol. The molecule has 23 heavy (non-hydrogen) atoms. The number of primary amides is 1. The second-order valence-electron chi connectivity index (χ2n) is 5.18. The highest BCUT2D eigenvalue weighted by Crippen LogP contribution is 2.32.